The number of nitrogens with zero attached hydrogens (tertiary/aromatic N) is 1. The molecule has 0 bridgehead atoms. The molecule has 0 amide bonds. The molecule has 8 rings (SSSR count). The van der Waals surface area contributed by atoms with Crippen LogP contribution in [0.4, 0.5) is 0 Å². The van der Waals surface area contributed by atoms with Crippen LogP contribution >= 0.6 is 0 Å². The average Bonchev–Trinajstić information content (AvgIpc) is 0.797. The van der Waals surface area contributed by atoms with E-state index in [1.54, 1.807) is 64.0 Å². The number of aliphatic hydroxyl groups excluding tert-OH is 6. The normalized spacial score (nSPS) is 26.5. The van der Waals surface area contributed by atoms with Crippen LogP contribution in [-0.4, -0.2) is 206 Å². The number of allylic oxidation sites excluding steroid dienone is 4. The Hall–Kier alpha value is -5.12. The smallest absolute Gasteiger partial charge is 0.203 e. The molecule has 6 aliphatic rings. The molecule has 574 valence electrons. The van der Waals surface area contributed by atoms with Gasteiger partial charge in [0.15, 0.2) is 35.6 Å². The molecule has 22 nitrogen and oxygen atoms in total. The fraction of sp³-hybridized carbons (Fsp3) is 0.700. The van der Waals surface area contributed by atoms with Crippen molar-refractivity contribution in [2.24, 2.45) is 29.6 Å². The summed E-state index contributed by atoms with van der Waals surface area (Å²) in [6.07, 6.45) is 20.4. The second kappa shape index (κ2) is 42.3. The molecule has 1 saturated heterocycles. The van der Waals surface area contributed by atoms with Crippen LogP contribution in [-0.2, 0) is 42.6 Å². The number of likely N-dealkylation sites (tertiary alicyclic amines) is 1. The molecular weight excluding hydrogens is 1310 g/mol. The summed E-state index contributed by atoms with van der Waals surface area (Å²) in [4.78, 5) is 2.01. The highest BCUT2D eigenvalue weighted by Gasteiger charge is 2.43. The molecule has 19 atom stereocenters. The Labute approximate surface area is 607 Å². The zero-order chi connectivity index (χ0) is 73.2. The Morgan fingerprint density at radius 2 is 1.29 bits per heavy atom. The lowest BCUT2D eigenvalue weighted by Gasteiger charge is -2.44. The predicted molar refractivity (Wildman–Crippen MR) is 390 cm³/mol. The molecule has 2 aromatic rings. The van der Waals surface area contributed by atoms with Gasteiger partial charge in [-0.1, -0.05) is 87.1 Å². The van der Waals surface area contributed by atoms with Crippen LogP contribution in [0.15, 0.2) is 107 Å². The van der Waals surface area contributed by atoms with Gasteiger partial charge >= 0.3 is 0 Å². The summed E-state index contributed by atoms with van der Waals surface area (Å²) < 4.78 is 77.9. The monoisotopic (exact) mass is 1430 g/mol. The number of ether oxygens (including phenoxy) is 13. The van der Waals surface area contributed by atoms with Gasteiger partial charge in [0.2, 0.25) is 5.75 Å². The molecule has 15 unspecified atom stereocenters. The maximum absolute atomic E-state index is 12.4. The molecule has 0 radical (unpaired) electrons. The van der Waals surface area contributed by atoms with Gasteiger partial charge < -0.3 is 92.2 Å². The van der Waals surface area contributed by atoms with Gasteiger partial charge in [0, 0.05) is 84.1 Å². The SMILES string of the molecule is CCC1C=C(CC[C@@H](OC(O)[C@@H]2CCCCN2C(O)[C@H](CC)c2cc(OC)c(OC)c(OC)c2)C2C=C(OCC(O)NCCNC(O)COc3cccc(C(CCC4=CCC(OC)C(OC)C4)OC(O)C4CCCCC4C(O)[C@H](CC)C4=CC(OC)=C(OC)C(OC)C4)c3)C=CC2)CCC1OC. The third-order valence-corrected chi connectivity index (χ3v) is 22.3. The lowest BCUT2D eigenvalue weighted by Crippen LogP contribution is -2.54. The third-order valence-electron chi connectivity index (χ3n) is 22.3. The Kier molecular flexibility index (Phi) is 34.2. The van der Waals surface area contributed by atoms with Crippen LogP contribution < -0.4 is 29.6 Å². The molecule has 1 saturated carbocycles. The maximum atomic E-state index is 12.4. The molecule has 22 heteroatoms. The highest BCUT2D eigenvalue weighted by molar-refractivity contribution is 5.54. The van der Waals surface area contributed by atoms with Gasteiger partial charge in [-0.3, -0.25) is 15.5 Å². The number of rotatable bonds is 43. The predicted octanol–water partition coefficient (Wildman–Crippen LogP) is 10.9. The van der Waals surface area contributed by atoms with Gasteiger partial charge in [-0.15, -0.1) is 0 Å². The topological polar surface area (TPSA) is 269 Å². The first-order valence-corrected chi connectivity index (χ1v) is 37.7. The van der Waals surface area contributed by atoms with Crippen LogP contribution in [0.1, 0.15) is 172 Å². The molecule has 102 heavy (non-hydrogen) atoms. The molecular formula is C80H125N3O19. The third kappa shape index (κ3) is 22.2. The standard InChI is InChI=1S/C80H125N3O19/c1-13-52-40-50(29-33-64(52)90-4)30-34-66(102-80(89)63-28-18-19-39-83(63)78(87)60(15-3)56-46-71(95-9)77(98-12)72(47-56)96-10)54-23-21-25-58(43-54)100-49-74(85)82-38-37-81-73(84)48-99-57-24-20-22-53(42-57)65(35-31-51-32-36-67(91-5)68(41-51)92-6)101-79(88)62-27-17-16-26-61(62)75(86)59(14-2)55-44-69(93-7)76(97-11)70(45-55)94-8/h20-22,24-25,32,40,42-44,46-47,52,54,59-68,70,73-75,78-82,84-89H,13-19,23,26-31,33-39,41,45,48-49H2,1-12H3/t52?,54?,59-,60-,61?,62?,63+,64?,65?,66-,67?,68?,70?,73?,74?,75?,78?,79?,80?/m1/s1. The van der Waals surface area contributed by atoms with Crippen LogP contribution in [0.3, 0.4) is 0 Å². The van der Waals surface area contributed by atoms with Crippen LogP contribution in [0.25, 0.3) is 0 Å². The first-order chi connectivity index (χ1) is 49.5. The summed E-state index contributed by atoms with van der Waals surface area (Å²) in [7, 11) is 14.8. The molecule has 1 heterocycles. The van der Waals surface area contributed by atoms with E-state index >= 15 is 0 Å². The summed E-state index contributed by atoms with van der Waals surface area (Å²) in [5.41, 5.74) is 5.26. The number of benzene rings is 2. The van der Waals surface area contributed by atoms with Crippen molar-refractivity contribution in [2.75, 3.05) is 96.8 Å². The Balaban J connectivity index is 0.867. The van der Waals surface area contributed by atoms with E-state index in [-0.39, 0.29) is 67.2 Å². The van der Waals surface area contributed by atoms with Gasteiger partial charge in [0.1, 0.15) is 49.5 Å². The molecule has 5 aliphatic carbocycles. The first kappa shape index (κ1) is 82.5. The van der Waals surface area contributed by atoms with Gasteiger partial charge in [0.05, 0.1) is 78.2 Å². The van der Waals surface area contributed by atoms with Gasteiger partial charge in [-0.25, -0.2) is 0 Å². The van der Waals surface area contributed by atoms with Gasteiger partial charge in [-0.2, -0.15) is 0 Å². The van der Waals surface area contributed by atoms with E-state index in [1.165, 1.54) is 11.1 Å². The van der Waals surface area contributed by atoms with Crippen LogP contribution in [0.5, 0.6) is 23.0 Å². The molecule has 0 aromatic heterocycles. The minimum Gasteiger partial charge on any atom is -0.494 e. The molecule has 8 N–H and O–H groups in total. The second-order valence-electron chi connectivity index (χ2n) is 28.3. The number of piperidine rings is 1. The number of hydrogen-bond donors (Lipinski definition) is 8. The highest BCUT2D eigenvalue weighted by Crippen LogP contribution is 2.46. The van der Waals surface area contributed by atoms with Gasteiger partial charge in [-0.05, 0) is 162 Å². The first-order valence-electron chi connectivity index (χ1n) is 37.7. The molecule has 0 spiro atoms. The van der Waals surface area contributed by atoms with Crippen LogP contribution in [0.2, 0.25) is 0 Å². The van der Waals surface area contributed by atoms with E-state index in [4.69, 9.17) is 61.6 Å². The maximum Gasteiger partial charge on any atom is 0.203 e. The van der Waals surface area contributed by atoms with E-state index in [0.29, 0.717) is 124 Å². The fourth-order valence-electron chi connectivity index (χ4n) is 16.5. The summed E-state index contributed by atoms with van der Waals surface area (Å²) in [5, 5.41) is 77.8. The van der Waals surface area contributed by atoms with E-state index in [2.05, 4.69) is 42.7 Å². The Bertz CT molecular complexity index is 3000. The van der Waals surface area contributed by atoms with Crippen molar-refractivity contribution in [3.05, 3.63) is 118 Å². The van der Waals surface area contributed by atoms with Crippen molar-refractivity contribution in [1.82, 2.24) is 15.5 Å². The zero-order valence-corrected chi connectivity index (χ0v) is 63.0. The Morgan fingerprint density at radius 3 is 1.94 bits per heavy atom. The van der Waals surface area contributed by atoms with E-state index in [0.717, 1.165) is 87.3 Å². The van der Waals surface area contributed by atoms with Crippen molar-refractivity contribution in [1.29, 1.82) is 0 Å². The number of methoxy groups -OCH3 is 9. The minimum absolute atomic E-state index is 0.0318. The van der Waals surface area contributed by atoms with E-state index < -0.39 is 55.6 Å². The van der Waals surface area contributed by atoms with E-state index in [9.17, 15) is 30.6 Å². The van der Waals surface area contributed by atoms with Crippen molar-refractivity contribution >= 4 is 0 Å². The molecule has 2 aromatic carbocycles. The van der Waals surface area contributed by atoms with Gasteiger partial charge in [0.25, 0.3) is 0 Å². The quantitative estimate of drug-likeness (QED) is 0.0174. The number of nitrogens with one attached hydrogen (secondary N) is 2. The lowest BCUT2D eigenvalue weighted by atomic mass is 9.70. The van der Waals surface area contributed by atoms with Crippen molar-refractivity contribution in [3.8, 4) is 23.0 Å². The highest BCUT2D eigenvalue weighted by atomic mass is 16.6. The number of hydrogen-bond acceptors (Lipinski definition) is 22. The second-order valence-corrected chi connectivity index (χ2v) is 28.3. The molecule has 2 fully saturated rings. The number of aliphatic hydroxyl groups is 6. The van der Waals surface area contributed by atoms with Crippen LogP contribution in [0, 0.1) is 29.6 Å². The minimum atomic E-state index is -1.20. The summed E-state index contributed by atoms with van der Waals surface area (Å²) in [6, 6.07) is 10.9. The summed E-state index contributed by atoms with van der Waals surface area (Å²) in [5.74, 6) is 2.86. The summed E-state index contributed by atoms with van der Waals surface area (Å²) in [6.45, 7) is 7.39. The average molecular weight is 1430 g/mol. The molecule has 1 aliphatic heterocycles. The van der Waals surface area contributed by atoms with Crippen molar-refractivity contribution < 1.29 is 92.2 Å². The van der Waals surface area contributed by atoms with E-state index in [1.807, 2.05) is 66.4 Å². The van der Waals surface area contributed by atoms with Crippen molar-refractivity contribution in [2.45, 2.75) is 235 Å². The lowest BCUT2D eigenvalue weighted by molar-refractivity contribution is -0.207. The summed E-state index contributed by atoms with van der Waals surface area (Å²) >= 11 is 0. The fourth-order valence-corrected chi connectivity index (χ4v) is 16.5. The zero-order valence-electron chi connectivity index (χ0n) is 63.0. The Morgan fingerprint density at radius 1 is 0.608 bits per heavy atom. The van der Waals surface area contributed by atoms with Crippen molar-refractivity contribution in [3.63, 3.8) is 0 Å². The largest absolute Gasteiger partial charge is 0.494 e.